The van der Waals surface area contributed by atoms with Crippen LogP contribution in [0.3, 0.4) is 0 Å². The second-order valence-electron chi connectivity index (χ2n) is 15.3. The van der Waals surface area contributed by atoms with Crippen molar-refractivity contribution >= 4 is 102 Å². The van der Waals surface area contributed by atoms with E-state index in [2.05, 4.69) is 170 Å². The highest BCUT2D eigenvalue weighted by atomic mass is 32.1. The van der Waals surface area contributed by atoms with E-state index >= 15 is 0 Å². The second-order valence-corrected chi connectivity index (χ2v) is 17.4. The molecule has 8 aromatic carbocycles. The predicted molar refractivity (Wildman–Crippen MR) is 250 cm³/mol. The molecule has 4 aromatic heterocycles. The summed E-state index contributed by atoms with van der Waals surface area (Å²) in [7, 11) is 0. The van der Waals surface area contributed by atoms with Crippen molar-refractivity contribution in [1.29, 1.82) is 0 Å². The number of benzene rings is 8. The molecular weight excluding hydrogens is 743 g/mol. The van der Waals surface area contributed by atoms with Gasteiger partial charge in [0.15, 0.2) is 5.82 Å². The first-order valence-corrected chi connectivity index (χ1v) is 21.2. The van der Waals surface area contributed by atoms with Crippen LogP contribution in [0.15, 0.2) is 158 Å². The minimum absolute atomic E-state index is 0.834. The zero-order chi connectivity index (χ0) is 38.2. The highest BCUT2D eigenvalue weighted by Gasteiger charge is 2.32. The van der Waals surface area contributed by atoms with E-state index in [9.17, 15) is 0 Å². The summed E-state index contributed by atoms with van der Waals surface area (Å²) >= 11 is 3.70. The van der Waals surface area contributed by atoms with Crippen LogP contribution in [0.25, 0.3) is 130 Å². The molecular formula is C53H31N3S2. The molecule has 1 aliphatic rings. The highest BCUT2D eigenvalue weighted by Crippen LogP contribution is 2.56. The van der Waals surface area contributed by atoms with Crippen molar-refractivity contribution in [3.63, 3.8) is 0 Å². The van der Waals surface area contributed by atoms with Gasteiger partial charge in [0.05, 0.1) is 16.6 Å². The number of hydrogen-bond donors (Lipinski definition) is 0. The van der Waals surface area contributed by atoms with Crippen molar-refractivity contribution in [2.45, 2.75) is 6.92 Å². The van der Waals surface area contributed by atoms with Gasteiger partial charge in [-0.1, -0.05) is 140 Å². The zero-order valence-corrected chi connectivity index (χ0v) is 33.0. The maximum atomic E-state index is 5.80. The molecule has 1 aliphatic carbocycles. The van der Waals surface area contributed by atoms with Crippen LogP contribution in [0, 0.1) is 6.92 Å². The molecule has 13 rings (SSSR count). The average Bonchev–Trinajstić information content (AvgIpc) is 3.90. The standard InChI is InChI=1S/C53H31N3S2/c1-3-30-15-12-21-35-33-17-6-7-19-36(33)48-47-38-20-9-11-25-43(38)57-44(47)28-41-49(48)45(46(30)35)29(2)56(41)53-51(54-40-27-26-31-14-4-5-16-32(31)50(40)55-53)39-23-13-22-37-34-18-8-10-24-42(34)58-52(37)39/h3-28H,1H2,2H3. The number of thiophene rings is 2. The van der Waals surface area contributed by atoms with Crippen LogP contribution in [0.4, 0.5) is 0 Å². The Morgan fingerprint density at radius 1 is 0.534 bits per heavy atom. The lowest BCUT2D eigenvalue weighted by Gasteiger charge is -2.18. The fourth-order valence-corrected chi connectivity index (χ4v) is 12.2. The zero-order valence-electron chi connectivity index (χ0n) is 31.4. The minimum atomic E-state index is 0.834. The van der Waals surface area contributed by atoms with E-state index in [0.717, 1.165) is 55.7 Å². The summed E-state index contributed by atoms with van der Waals surface area (Å²) in [5.41, 5.74) is 14.5. The van der Waals surface area contributed by atoms with Gasteiger partial charge in [0.1, 0.15) is 5.69 Å². The van der Waals surface area contributed by atoms with Crippen molar-refractivity contribution in [2.24, 2.45) is 0 Å². The van der Waals surface area contributed by atoms with Crippen LogP contribution in [-0.4, -0.2) is 14.5 Å². The Kier molecular flexibility index (Phi) is 6.55. The Balaban J connectivity index is 1.27. The van der Waals surface area contributed by atoms with Crippen molar-refractivity contribution < 1.29 is 0 Å². The monoisotopic (exact) mass is 773 g/mol. The summed E-state index contributed by atoms with van der Waals surface area (Å²) < 4.78 is 7.46. The average molecular weight is 774 g/mol. The number of aromatic nitrogens is 3. The highest BCUT2D eigenvalue weighted by molar-refractivity contribution is 7.26. The van der Waals surface area contributed by atoms with Gasteiger partial charge in [0.2, 0.25) is 0 Å². The van der Waals surface area contributed by atoms with Crippen LogP contribution >= 0.6 is 22.7 Å². The molecule has 0 bridgehead atoms. The Morgan fingerprint density at radius 2 is 1.22 bits per heavy atom. The summed E-state index contributed by atoms with van der Waals surface area (Å²) in [4.78, 5) is 11.4. The quantitative estimate of drug-likeness (QED) is 0.167. The number of nitrogens with zero attached hydrogens (tertiary/aromatic N) is 3. The first-order valence-electron chi connectivity index (χ1n) is 19.6. The maximum absolute atomic E-state index is 5.80. The lowest BCUT2D eigenvalue weighted by molar-refractivity contribution is 0.999. The molecule has 5 heteroatoms. The van der Waals surface area contributed by atoms with Gasteiger partial charge in [-0.05, 0) is 64.4 Å². The van der Waals surface area contributed by atoms with Crippen LogP contribution in [0.2, 0.25) is 0 Å². The number of hydrogen-bond acceptors (Lipinski definition) is 4. The fraction of sp³-hybridized carbons (Fsp3) is 0.0189. The third kappa shape index (κ3) is 4.21. The van der Waals surface area contributed by atoms with E-state index in [1.807, 2.05) is 28.7 Å². The molecule has 4 heterocycles. The molecule has 270 valence electrons. The van der Waals surface area contributed by atoms with Crippen molar-refractivity contribution in [3.8, 4) is 50.5 Å². The van der Waals surface area contributed by atoms with E-state index in [-0.39, 0.29) is 0 Å². The van der Waals surface area contributed by atoms with Gasteiger partial charge < -0.3 is 0 Å². The Morgan fingerprint density at radius 3 is 2.09 bits per heavy atom. The lowest BCUT2D eigenvalue weighted by Crippen LogP contribution is -2.06. The number of fused-ring (bicyclic) bond motifs is 15. The normalized spacial score (nSPS) is 12.3. The van der Waals surface area contributed by atoms with E-state index in [1.165, 1.54) is 79.1 Å². The van der Waals surface area contributed by atoms with E-state index in [4.69, 9.17) is 9.97 Å². The van der Waals surface area contributed by atoms with Crippen LogP contribution in [0.5, 0.6) is 0 Å². The van der Waals surface area contributed by atoms with Gasteiger partial charge >= 0.3 is 0 Å². The summed E-state index contributed by atoms with van der Waals surface area (Å²) in [6, 6.07) is 55.2. The minimum Gasteiger partial charge on any atom is -0.296 e. The van der Waals surface area contributed by atoms with E-state index in [1.54, 1.807) is 0 Å². The van der Waals surface area contributed by atoms with Gasteiger partial charge in [-0.2, -0.15) is 0 Å². The SMILES string of the molecule is C=Cc1cccc2c1-c1c(C)n(-c3nc4c(ccc5ccccc54)nc3-c3cccc4c3sc3ccccc34)c3cc4sc5ccccc5c4c(c13)-c1ccccc1-2. The Bertz CT molecular complexity index is 3780. The molecule has 0 radical (unpaired) electrons. The molecule has 58 heavy (non-hydrogen) atoms. The van der Waals surface area contributed by atoms with E-state index in [0.29, 0.717) is 0 Å². The molecule has 0 saturated heterocycles. The first-order chi connectivity index (χ1) is 28.7. The largest absolute Gasteiger partial charge is 0.296 e. The lowest BCUT2D eigenvalue weighted by atomic mass is 9.90. The Labute approximate surface area is 341 Å². The van der Waals surface area contributed by atoms with Crippen molar-refractivity contribution in [2.75, 3.05) is 0 Å². The van der Waals surface area contributed by atoms with Crippen LogP contribution in [-0.2, 0) is 0 Å². The maximum Gasteiger partial charge on any atom is 0.164 e. The molecule has 3 nitrogen and oxygen atoms in total. The van der Waals surface area contributed by atoms with Gasteiger partial charge in [0.25, 0.3) is 0 Å². The van der Waals surface area contributed by atoms with Gasteiger partial charge in [-0.25, -0.2) is 9.97 Å². The third-order valence-corrected chi connectivity index (χ3v) is 14.6. The third-order valence-electron chi connectivity index (χ3n) is 12.3. The molecule has 0 spiro atoms. The van der Waals surface area contributed by atoms with Crippen LogP contribution < -0.4 is 0 Å². The molecule has 0 atom stereocenters. The topological polar surface area (TPSA) is 30.7 Å². The van der Waals surface area contributed by atoms with Gasteiger partial charge in [0, 0.05) is 73.5 Å². The molecule has 0 aliphatic heterocycles. The van der Waals surface area contributed by atoms with E-state index < -0.39 is 0 Å². The Hall–Kier alpha value is -6.92. The molecule has 0 N–H and O–H groups in total. The molecule has 12 aromatic rings. The predicted octanol–water partition coefficient (Wildman–Crippen LogP) is 15.4. The molecule has 0 amide bonds. The summed E-state index contributed by atoms with van der Waals surface area (Å²) in [6.07, 6.45) is 2.02. The van der Waals surface area contributed by atoms with Gasteiger partial charge in [-0.3, -0.25) is 4.57 Å². The van der Waals surface area contributed by atoms with Crippen molar-refractivity contribution in [1.82, 2.24) is 14.5 Å². The molecule has 0 fully saturated rings. The summed E-state index contributed by atoms with van der Waals surface area (Å²) in [5, 5.41) is 8.57. The summed E-state index contributed by atoms with van der Waals surface area (Å²) in [5.74, 6) is 0.834. The number of rotatable bonds is 3. The first kappa shape index (κ1) is 32.2. The van der Waals surface area contributed by atoms with Crippen molar-refractivity contribution in [3.05, 3.63) is 169 Å². The second kappa shape index (κ2) is 11.8. The van der Waals surface area contributed by atoms with Crippen LogP contribution in [0.1, 0.15) is 11.3 Å². The van der Waals surface area contributed by atoms with Gasteiger partial charge in [-0.15, -0.1) is 22.7 Å². The molecule has 0 unspecified atom stereocenters. The smallest absolute Gasteiger partial charge is 0.164 e. The fourth-order valence-electron chi connectivity index (χ4n) is 9.85. The summed E-state index contributed by atoms with van der Waals surface area (Å²) in [6.45, 7) is 6.64. The molecule has 0 saturated carbocycles.